The van der Waals surface area contributed by atoms with E-state index < -0.39 is 17.6 Å². The van der Waals surface area contributed by atoms with Crippen molar-refractivity contribution in [3.05, 3.63) is 22.3 Å². The third kappa shape index (κ3) is 4.28. The van der Waals surface area contributed by atoms with Crippen molar-refractivity contribution in [2.24, 2.45) is 0 Å². The molecule has 0 amide bonds. The van der Waals surface area contributed by atoms with Crippen LogP contribution >= 0.6 is 0 Å². The molecule has 0 spiro atoms. The Labute approximate surface area is 218 Å². The number of nitrogens with zero attached hydrogens (tertiary/aromatic N) is 2. The van der Waals surface area contributed by atoms with Gasteiger partial charge in [-0.3, -0.25) is 9.13 Å². The van der Waals surface area contributed by atoms with Crippen LogP contribution in [0.15, 0.2) is 0 Å². The van der Waals surface area contributed by atoms with Crippen LogP contribution in [0, 0.1) is 0 Å². The van der Waals surface area contributed by atoms with E-state index in [-0.39, 0.29) is 35.4 Å². The van der Waals surface area contributed by atoms with E-state index in [2.05, 4.69) is 0 Å². The third-order valence-electron chi connectivity index (χ3n) is 8.03. The molecular formula is C23H38N2O10Si2. The van der Waals surface area contributed by atoms with Crippen molar-refractivity contribution < 1.29 is 47.0 Å². The van der Waals surface area contributed by atoms with Crippen molar-refractivity contribution in [1.82, 2.24) is 9.13 Å². The summed E-state index contributed by atoms with van der Waals surface area (Å²) in [6.07, 6.45) is 1.69. The zero-order valence-electron chi connectivity index (χ0n) is 22.2. The van der Waals surface area contributed by atoms with Gasteiger partial charge in [0.2, 0.25) is 0 Å². The molecule has 2 aromatic rings. The number of hydrogen-bond donors (Lipinski definition) is 4. The van der Waals surface area contributed by atoms with Crippen LogP contribution in [0.1, 0.15) is 53.4 Å². The quantitative estimate of drug-likeness (QED) is 0.255. The summed E-state index contributed by atoms with van der Waals surface area (Å²) in [5, 5.41) is 44.4. The van der Waals surface area contributed by atoms with Gasteiger partial charge in [-0.1, -0.05) is 0 Å². The fourth-order valence-corrected chi connectivity index (χ4v) is 9.48. The van der Waals surface area contributed by atoms with Crippen LogP contribution in [0.5, 0.6) is 23.5 Å². The lowest BCUT2D eigenvalue weighted by Crippen LogP contribution is -2.42. The Bertz CT molecular complexity index is 968. The molecule has 208 valence electrons. The molecule has 0 atom stereocenters. The predicted octanol–water partition coefficient (Wildman–Crippen LogP) is 2.63. The molecule has 12 nitrogen and oxygen atoms in total. The zero-order valence-corrected chi connectivity index (χ0v) is 24.2. The first-order valence-electron chi connectivity index (χ1n) is 12.3. The molecule has 14 heteroatoms. The van der Waals surface area contributed by atoms with Gasteiger partial charge in [0, 0.05) is 102 Å². The molecule has 0 saturated heterocycles. The molecule has 0 aromatic carbocycles. The van der Waals surface area contributed by atoms with Crippen molar-refractivity contribution in [3.8, 4) is 23.5 Å². The highest BCUT2D eigenvalue weighted by atomic mass is 28.4. The maximum Gasteiger partial charge on any atom is 0.500 e. The number of aromatic hydroxyl groups is 4. The van der Waals surface area contributed by atoms with Crippen molar-refractivity contribution >= 4 is 17.6 Å². The van der Waals surface area contributed by atoms with Gasteiger partial charge in [0.1, 0.15) is 0 Å². The van der Waals surface area contributed by atoms with Crippen LogP contribution in [0.3, 0.4) is 0 Å². The van der Waals surface area contributed by atoms with Crippen molar-refractivity contribution in [2.45, 2.75) is 56.3 Å². The Morgan fingerprint density at radius 2 is 0.838 bits per heavy atom. The van der Waals surface area contributed by atoms with E-state index in [1.807, 2.05) is 0 Å². The first kappa shape index (κ1) is 28.0. The van der Waals surface area contributed by atoms with Gasteiger partial charge in [-0.05, 0) is 19.3 Å². The maximum absolute atomic E-state index is 11.1. The van der Waals surface area contributed by atoms with E-state index in [0.29, 0.717) is 66.7 Å². The topological polar surface area (TPSA) is 146 Å². The van der Waals surface area contributed by atoms with E-state index in [9.17, 15) is 20.4 Å². The second kappa shape index (κ2) is 10.6. The summed E-state index contributed by atoms with van der Waals surface area (Å²) in [6, 6.07) is 1.02. The molecule has 2 bridgehead atoms. The lowest BCUT2D eigenvalue weighted by atomic mass is 9.90. The van der Waals surface area contributed by atoms with Gasteiger partial charge in [-0.25, -0.2) is 0 Å². The number of aromatic nitrogens is 2. The predicted molar refractivity (Wildman–Crippen MR) is 136 cm³/mol. The molecule has 0 aliphatic heterocycles. The SMILES string of the molecule is CO[Si](CCCn1c(O)c2c(c1O)C1CC2c2c1c(O)n(CCC[Si](OC)(OC)OC)c2O)(OC)OC. The minimum Gasteiger partial charge on any atom is -0.494 e. The molecule has 2 heterocycles. The van der Waals surface area contributed by atoms with Crippen LogP contribution in [0.4, 0.5) is 0 Å². The molecule has 2 aliphatic rings. The fraction of sp³-hybridized carbons (Fsp3) is 0.652. The summed E-state index contributed by atoms with van der Waals surface area (Å²) < 4.78 is 35.7. The first-order valence-corrected chi connectivity index (χ1v) is 16.1. The Hall–Kier alpha value is -2.05. The van der Waals surface area contributed by atoms with Crippen LogP contribution in [-0.4, -0.2) is 89.8 Å². The lowest BCUT2D eigenvalue weighted by Gasteiger charge is -2.24. The molecule has 2 aromatic heterocycles. The van der Waals surface area contributed by atoms with Gasteiger partial charge >= 0.3 is 17.6 Å². The van der Waals surface area contributed by atoms with Crippen LogP contribution in [0.2, 0.25) is 12.1 Å². The molecule has 0 fully saturated rings. The summed E-state index contributed by atoms with van der Waals surface area (Å²) in [5.41, 5.74) is 2.45. The summed E-state index contributed by atoms with van der Waals surface area (Å²) in [5.74, 6) is -0.711. The van der Waals surface area contributed by atoms with E-state index in [0.717, 1.165) is 0 Å². The van der Waals surface area contributed by atoms with Crippen molar-refractivity contribution in [2.75, 3.05) is 42.7 Å². The highest BCUT2D eigenvalue weighted by Crippen LogP contribution is 2.66. The monoisotopic (exact) mass is 558 g/mol. The minimum atomic E-state index is -2.78. The van der Waals surface area contributed by atoms with Gasteiger partial charge in [0.05, 0.1) is 0 Å². The smallest absolute Gasteiger partial charge is 0.494 e. The third-order valence-corrected chi connectivity index (χ3v) is 13.7. The van der Waals surface area contributed by atoms with Crippen molar-refractivity contribution in [3.63, 3.8) is 0 Å². The molecule has 2 aliphatic carbocycles. The molecule has 0 unspecified atom stereocenters. The standard InChI is InChI=1S/C23H38N2O10Si2/c1-30-36(31-2,32-3)11-7-9-24-20(26)16-14-13-15(17(16)21(24)27)19-18(14)22(28)25(23(19)29)10-8-12-37(33-4,34-5)35-6/h14-15,26-29H,7-13H2,1-6H3. The number of fused-ring (bicyclic) bond motifs is 8. The van der Waals surface area contributed by atoms with E-state index >= 15 is 0 Å². The molecule has 37 heavy (non-hydrogen) atoms. The van der Waals surface area contributed by atoms with Gasteiger partial charge < -0.3 is 47.0 Å². The zero-order chi connectivity index (χ0) is 27.1. The Morgan fingerprint density at radius 3 is 1.08 bits per heavy atom. The van der Waals surface area contributed by atoms with Gasteiger partial charge in [0.25, 0.3) is 0 Å². The molecular weight excluding hydrogens is 520 g/mol. The van der Waals surface area contributed by atoms with Crippen LogP contribution in [-0.2, 0) is 39.6 Å². The molecule has 4 N–H and O–H groups in total. The molecule has 4 rings (SSSR count). The second-order valence-electron chi connectivity index (χ2n) is 9.39. The minimum absolute atomic E-state index is 0.0205. The second-order valence-corrected chi connectivity index (χ2v) is 15.6. The van der Waals surface area contributed by atoms with E-state index in [1.165, 1.54) is 9.13 Å². The molecule has 0 saturated carbocycles. The average Bonchev–Trinajstić information content (AvgIpc) is 3.62. The Balaban J connectivity index is 1.55. The Kier molecular flexibility index (Phi) is 8.02. The van der Waals surface area contributed by atoms with Gasteiger partial charge in [0.15, 0.2) is 23.5 Å². The highest BCUT2D eigenvalue weighted by molar-refractivity contribution is 6.60. The normalized spacial score (nSPS) is 18.5. The largest absolute Gasteiger partial charge is 0.500 e. The Morgan fingerprint density at radius 1 is 0.568 bits per heavy atom. The first-order chi connectivity index (χ1) is 17.7. The average molecular weight is 559 g/mol. The van der Waals surface area contributed by atoms with Crippen LogP contribution < -0.4 is 0 Å². The number of rotatable bonds is 14. The van der Waals surface area contributed by atoms with E-state index in [4.69, 9.17) is 26.6 Å². The van der Waals surface area contributed by atoms with E-state index in [1.54, 1.807) is 42.7 Å². The van der Waals surface area contributed by atoms with Crippen LogP contribution in [0.25, 0.3) is 0 Å². The summed E-state index contributed by atoms with van der Waals surface area (Å²) in [6.45, 7) is 0.669. The summed E-state index contributed by atoms with van der Waals surface area (Å²) in [7, 11) is 3.71. The van der Waals surface area contributed by atoms with Gasteiger partial charge in [-0.15, -0.1) is 0 Å². The highest BCUT2D eigenvalue weighted by Gasteiger charge is 2.52. The fourth-order valence-electron chi connectivity index (χ4n) is 6.08. The lowest BCUT2D eigenvalue weighted by molar-refractivity contribution is 0.122. The summed E-state index contributed by atoms with van der Waals surface area (Å²) >= 11 is 0. The number of hydrogen-bond acceptors (Lipinski definition) is 10. The van der Waals surface area contributed by atoms with Crippen molar-refractivity contribution in [1.29, 1.82) is 0 Å². The summed E-state index contributed by atoms with van der Waals surface area (Å²) in [4.78, 5) is 0. The maximum atomic E-state index is 11.1. The molecule has 0 radical (unpaired) electrons. The van der Waals surface area contributed by atoms with Gasteiger partial charge in [-0.2, -0.15) is 0 Å².